The van der Waals surface area contributed by atoms with E-state index in [1.165, 1.54) is 31.2 Å². The molecule has 0 aliphatic carbocycles. The summed E-state index contributed by atoms with van der Waals surface area (Å²) >= 11 is 0. The van der Waals surface area contributed by atoms with E-state index in [4.69, 9.17) is 18.9 Å². The highest BCUT2D eigenvalue weighted by Crippen LogP contribution is 2.16. The number of anilines is 1. The Morgan fingerprint density at radius 3 is 1.85 bits per heavy atom. The average Bonchev–Trinajstić information content (AvgIpc) is 2.75. The smallest absolute Gasteiger partial charge is 0.462 e. The van der Waals surface area contributed by atoms with Crippen molar-refractivity contribution < 1.29 is 57.2 Å². The van der Waals surface area contributed by atoms with Gasteiger partial charge in [-0.05, 0) is 24.3 Å². The number of carbonyl (C=O) groups excluding carboxylic acids is 6. The molecule has 13 heteroatoms. The molecule has 0 heterocycles. The molecule has 1 aromatic carbocycles. The van der Waals surface area contributed by atoms with Gasteiger partial charge < -0.3 is 33.7 Å². The van der Waals surface area contributed by atoms with Crippen LogP contribution < -0.4 is 10.1 Å². The van der Waals surface area contributed by atoms with E-state index in [9.17, 15) is 28.8 Å². The SMILES string of the molecule is CC(=O)Nc1ccc(OC(=O)OCOC(=O)CCC(=O)OC(COC(C)=O)COC(C)=O)cc1. The molecule has 0 aliphatic heterocycles. The first-order chi connectivity index (χ1) is 16.0. The summed E-state index contributed by atoms with van der Waals surface area (Å²) in [6, 6.07) is 5.85. The maximum absolute atomic E-state index is 11.9. The van der Waals surface area contributed by atoms with E-state index in [-0.39, 0.29) is 31.3 Å². The maximum atomic E-state index is 11.9. The molecular formula is C21H25NO12. The summed E-state index contributed by atoms with van der Waals surface area (Å²) in [5, 5.41) is 2.54. The lowest BCUT2D eigenvalue weighted by molar-refractivity contribution is -0.166. The molecule has 1 amide bonds. The van der Waals surface area contributed by atoms with Gasteiger partial charge in [-0.3, -0.25) is 24.0 Å². The van der Waals surface area contributed by atoms with Crippen LogP contribution in [0.3, 0.4) is 0 Å². The summed E-state index contributed by atoms with van der Waals surface area (Å²) < 4.78 is 28.6. The normalized spacial score (nSPS) is 10.0. The highest BCUT2D eigenvalue weighted by Gasteiger charge is 2.19. The first kappa shape index (κ1) is 27.9. The number of carbonyl (C=O) groups is 6. The van der Waals surface area contributed by atoms with Gasteiger partial charge in [0.15, 0.2) is 6.10 Å². The Kier molecular flexibility index (Phi) is 12.1. The van der Waals surface area contributed by atoms with Crippen LogP contribution >= 0.6 is 0 Å². The predicted octanol–water partition coefficient (Wildman–Crippen LogP) is 1.48. The number of amides is 1. The number of nitrogens with one attached hydrogen (secondary N) is 1. The molecule has 0 radical (unpaired) electrons. The predicted molar refractivity (Wildman–Crippen MR) is 111 cm³/mol. The van der Waals surface area contributed by atoms with Gasteiger partial charge in [0.2, 0.25) is 12.7 Å². The number of ether oxygens (including phenoxy) is 6. The zero-order valence-electron chi connectivity index (χ0n) is 18.8. The van der Waals surface area contributed by atoms with Crippen LogP contribution in [0.25, 0.3) is 0 Å². The number of rotatable bonds is 12. The van der Waals surface area contributed by atoms with E-state index in [1.807, 2.05) is 0 Å². The molecule has 0 saturated carbocycles. The highest BCUT2D eigenvalue weighted by atomic mass is 16.8. The topological polar surface area (TPSA) is 170 Å². The van der Waals surface area contributed by atoms with E-state index in [0.29, 0.717) is 5.69 Å². The molecule has 0 unspecified atom stereocenters. The van der Waals surface area contributed by atoms with Crippen LogP contribution in [-0.2, 0) is 47.7 Å². The first-order valence-electron chi connectivity index (χ1n) is 9.89. The van der Waals surface area contributed by atoms with Crippen LogP contribution in [0.4, 0.5) is 10.5 Å². The van der Waals surface area contributed by atoms with Crippen LogP contribution in [0.15, 0.2) is 24.3 Å². The summed E-state index contributed by atoms with van der Waals surface area (Å²) in [5.74, 6) is -3.05. The fraction of sp³-hybridized carbons (Fsp3) is 0.429. The lowest BCUT2D eigenvalue weighted by Gasteiger charge is -2.17. The fourth-order valence-corrected chi connectivity index (χ4v) is 2.14. The molecule has 1 rings (SSSR count). The Balaban J connectivity index is 2.31. The van der Waals surface area contributed by atoms with Crippen molar-refractivity contribution in [1.29, 1.82) is 0 Å². The Hall–Kier alpha value is -4.16. The third-order valence-corrected chi connectivity index (χ3v) is 3.55. The fourth-order valence-electron chi connectivity index (χ4n) is 2.14. The maximum Gasteiger partial charge on any atom is 0.516 e. The molecular weight excluding hydrogens is 458 g/mol. The van der Waals surface area contributed by atoms with E-state index >= 15 is 0 Å². The Morgan fingerprint density at radius 1 is 0.765 bits per heavy atom. The largest absolute Gasteiger partial charge is 0.516 e. The molecule has 1 N–H and O–H groups in total. The van der Waals surface area contributed by atoms with Gasteiger partial charge in [-0.1, -0.05) is 0 Å². The number of esters is 4. The zero-order chi connectivity index (χ0) is 25.5. The van der Waals surface area contributed by atoms with Crippen molar-refractivity contribution in [2.24, 2.45) is 0 Å². The van der Waals surface area contributed by atoms with Crippen molar-refractivity contribution in [3.63, 3.8) is 0 Å². The van der Waals surface area contributed by atoms with Crippen molar-refractivity contribution in [1.82, 2.24) is 0 Å². The van der Waals surface area contributed by atoms with Crippen LogP contribution in [0.2, 0.25) is 0 Å². The van der Waals surface area contributed by atoms with Gasteiger partial charge >= 0.3 is 30.0 Å². The Bertz CT molecular complexity index is 862. The van der Waals surface area contributed by atoms with Gasteiger partial charge in [-0.2, -0.15) is 0 Å². The summed E-state index contributed by atoms with van der Waals surface area (Å²) in [7, 11) is 0. The molecule has 0 saturated heterocycles. The number of hydrogen-bond donors (Lipinski definition) is 1. The van der Waals surface area contributed by atoms with E-state index in [0.717, 1.165) is 13.8 Å². The van der Waals surface area contributed by atoms with Crippen LogP contribution in [0.5, 0.6) is 5.75 Å². The van der Waals surface area contributed by atoms with Gasteiger partial charge in [-0.25, -0.2) is 4.79 Å². The van der Waals surface area contributed by atoms with Crippen molar-refractivity contribution in [3.8, 4) is 5.75 Å². The van der Waals surface area contributed by atoms with E-state index in [2.05, 4.69) is 14.8 Å². The molecule has 1 aromatic rings. The second-order valence-corrected chi connectivity index (χ2v) is 6.55. The summed E-state index contributed by atoms with van der Waals surface area (Å²) in [6.07, 6.45) is -2.96. The van der Waals surface area contributed by atoms with Crippen molar-refractivity contribution in [2.45, 2.75) is 39.7 Å². The van der Waals surface area contributed by atoms with Crippen molar-refractivity contribution in [3.05, 3.63) is 24.3 Å². The average molecular weight is 483 g/mol. The molecule has 0 atom stereocenters. The van der Waals surface area contributed by atoms with Crippen molar-refractivity contribution >= 4 is 41.6 Å². The Labute approximate surface area is 194 Å². The van der Waals surface area contributed by atoms with Crippen LogP contribution in [0, 0.1) is 0 Å². The quantitative estimate of drug-likeness (QED) is 0.197. The minimum atomic E-state index is -1.14. The first-order valence-corrected chi connectivity index (χ1v) is 9.89. The molecule has 0 aromatic heterocycles. The minimum Gasteiger partial charge on any atom is -0.462 e. The van der Waals surface area contributed by atoms with Gasteiger partial charge in [0, 0.05) is 26.5 Å². The summed E-state index contributed by atoms with van der Waals surface area (Å²) in [4.78, 5) is 67.9. The van der Waals surface area contributed by atoms with E-state index in [1.54, 1.807) is 0 Å². The van der Waals surface area contributed by atoms with Crippen LogP contribution in [-0.4, -0.2) is 62.1 Å². The molecule has 0 bridgehead atoms. The summed E-state index contributed by atoms with van der Waals surface area (Å²) in [6.45, 7) is 2.25. The molecule has 13 nitrogen and oxygen atoms in total. The van der Waals surface area contributed by atoms with Gasteiger partial charge in [-0.15, -0.1) is 0 Å². The Morgan fingerprint density at radius 2 is 1.32 bits per heavy atom. The lowest BCUT2D eigenvalue weighted by atomic mass is 10.3. The zero-order valence-corrected chi connectivity index (χ0v) is 18.8. The van der Waals surface area contributed by atoms with Crippen LogP contribution in [0.1, 0.15) is 33.6 Å². The van der Waals surface area contributed by atoms with Gasteiger partial charge in [0.1, 0.15) is 19.0 Å². The highest BCUT2D eigenvalue weighted by molar-refractivity contribution is 5.88. The molecule has 0 spiro atoms. The third-order valence-electron chi connectivity index (χ3n) is 3.55. The third kappa shape index (κ3) is 13.3. The second-order valence-electron chi connectivity index (χ2n) is 6.55. The molecule has 186 valence electrons. The van der Waals surface area contributed by atoms with Crippen molar-refractivity contribution in [2.75, 3.05) is 25.3 Å². The van der Waals surface area contributed by atoms with Gasteiger partial charge in [0.25, 0.3) is 0 Å². The monoisotopic (exact) mass is 483 g/mol. The molecule has 34 heavy (non-hydrogen) atoms. The standard InChI is InChI=1S/C21H25NO12/c1-13(23)22-16-4-6-17(7-5-16)34-21(28)32-12-31-19(26)8-9-20(27)33-18(10-29-14(2)24)11-30-15(3)25/h4-7,18H,8-12H2,1-3H3,(H,22,23). The summed E-state index contributed by atoms with van der Waals surface area (Å²) in [5.41, 5.74) is 0.504. The number of hydrogen-bond acceptors (Lipinski definition) is 12. The van der Waals surface area contributed by atoms with Gasteiger partial charge in [0.05, 0.1) is 12.8 Å². The molecule has 0 aliphatic rings. The lowest BCUT2D eigenvalue weighted by Crippen LogP contribution is -2.30. The second kappa shape index (κ2) is 14.8. The van der Waals surface area contributed by atoms with E-state index < -0.39 is 49.4 Å². The molecule has 0 fully saturated rings. The number of benzene rings is 1. The minimum absolute atomic E-state index is 0.130.